The van der Waals surface area contributed by atoms with Gasteiger partial charge in [-0.3, -0.25) is 4.68 Å². The van der Waals surface area contributed by atoms with E-state index in [1.165, 1.54) is 5.69 Å². The van der Waals surface area contributed by atoms with E-state index in [-0.39, 0.29) is 18.4 Å². The second-order valence-corrected chi connectivity index (χ2v) is 11.2. The number of halogens is 2. The van der Waals surface area contributed by atoms with Gasteiger partial charge in [0.05, 0.1) is 24.4 Å². The fourth-order valence-electron chi connectivity index (χ4n) is 6.19. The first-order valence-electron chi connectivity index (χ1n) is 15.2. The number of hydrogen-bond donors (Lipinski definition) is 1. The molecular weight excluding hydrogens is 640 g/mol. The van der Waals surface area contributed by atoms with Crippen LogP contribution in [-0.4, -0.2) is 47.1 Å². The second-order valence-electron chi connectivity index (χ2n) is 10.7. The Morgan fingerprint density at radius 1 is 1.00 bits per heavy atom. The number of hydrogen-bond acceptors (Lipinski definition) is 5. The molecular formula is C35H42BrClN4O3. The minimum absolute atomic E-state index is 0. The molecule has 0 saturated carbocycles. The number of nitrogens with one attached hydrogen (secondary N) is 1. The van der Waals surface area contributed by atoms with Gasteiger partial charge in [0.15, 0.2) is 0 Å². The normalized spacial score (nSPS) is 11.2. The van der Waals surface area contributed by atoms with Gasteiger partial charge in [0, 0.05) is 46.5 Å². The number of alkyl halides is 1. The zero-order chi connectivity index (χ0) is 30.3. The Labute approximate surface area is 274 Å². The molecule has 5 aromatic rings. The number of carbonyl (C=O) groups excluding carboxylic acids is 1. The lowest BCUT2D eigenvalue weighted by atomic mass is 9.97. The first kappa shape index (κ1) is 33.6. The van der Waals surface area contributed by atoms with Crippen molar-refractivity contribution in [3.63, 3.8) is 0 Å². The van der Waals surface area contributed by atoms with Crippen LogP contribution in [0.3, 0.4) is 0 Å². The molecule has 0 aliphatic heterocycles. The summed E-state index contributed by atoms with van der Waals surface area (Å²) in [6.45, 7) is 6.43. The van der Waals surface area contributed by atoms with Gasteiger partial charge in [-0.15, -0.1) is 12.4 Å². The standard InChI is InChI=1S/C35H41BrN4O3.ClH/c1-5-30-32(29(23-36)38-39(30)4)28-17-10-16-26-27(34(35(41)42-6-2)40(33(26)28)21-12-20-37-3)18-11-22-43-31-19-9-14-24-13-7-8-15-25(24)31;/h7-10,13-17,19,37H,5-6,11-12,18,20-23H2,1-4H3;1H. The Balaban J connectivity index is 0.00000442. The quantitative estimate of drug-likeness (QED) is 0.0734. The van der Waals surface area contributed by atoms with Crippen LogP contribution in [0.2, 0.25) is 0 Å². The molecule has 234 valence electrons. The molecule has 1 N–H and O–H groups in total. The second kappa shape index (κ2) is 15.6. The number of aryl methyl sites for hydroxylation is 3. The minimum Gasteiger partial charge on any atom is -0.493 e. The third kappa shape index (κ3) is 6.67. The summed E-state index contributed by atoms with van der Waals surface area (Å²) >= 11 is 3.68. The van der Waals surface area contributed by atoms with Gasteiger partial charge in [-0.25, -0.2) is 4.79 Å². The number of para-hydroxylation sites is 1. The maximum Gasteiger partial charge on any atom is 0.355 e. The molecule has 0 unspecified atom stereocenters. The number of rotatable bonds is 14. The summed E-state index contributed by atoms with van der Waals surface area (Å²) in [5, 5.41) is 12.1. The van der Waals surface area contributed by atoms with Crippen molar-refractivity contribution in [2.75, 3.05) is 26.8 Å². The Kier molecular flexibility index (Phi) is 11.9. The summed E-state index contributed by atoms with van der Waals surface area (Å²) in [6, 6.07) is 20.8. The number of aromatic nitrogens is 3. The van der Waals surface area contributed by atoms with Crippen molar-refractivity contribution in [3.8, 4) is 16.9 Å². The van der Waals surface area contributed by atoms with Gasteiger partial charge in [0.1, 0.15) is 11.4 Å². The van der Waals surface area contributed by atoms with Gasteiger partial charge >= 0.3 is 5.97 Å². The van der Waals surface area contributed by atoms with Gasteiger partial charge in [-0.05, 0) is 63.2 Å². The third-order valence-electron chi connectivity index (χ3n) is 8.01. The molecule has 0 saturated heterocycles. The molecule has 0 aliphatic carbocycles. The molecule has 44 heavy (non-hydrogen) atoms. The topological polar surface area (TPSA) is 70.3 Å². The highest BCUT2D eigenvalue weighted by atomic mass is 79.9. The van der Waals surface area contributed by atoms with E-state index in [0.717, 1.165) is 75.6 Å². The number of esters is 1. The van der Waals surface area contributed by atoms with Crippen LogP contribution < -0.4 is 10.1 Å². The Hall–Kier alpha value is -3.33. The van der Waals surface area contributed by atoms with E-state index in [4.69, 9.17) is 14.6 Å². The van der Waals surface area contributed by atoms with Crippen molar-refractivity contribution in [1.29, 1.82) is 0 Å². The van der Waals surface area contributed by atoms with Crippen LogP contribution in [0.1, 0.15) is 54.1 Å². The molecule has 2 heterocycles. The summed E-state index contributed by atoms with van der Waals surface area (Å²) < 4.78 is 16.2. The van der Waals surface area contributed by atoms with Gasteiger partial charge in [0.2, 0.25) is 0 Å². The monoisotopic (exact) mass is 680 g/mol. The molecule has 0 radical (unpaired) electrons. The number of fused-ring (bicyclic) bond motifs is 2. The molecule has 0 aliphatic rings. The van der Waals surface area contributed by atoms with E-state index in [1.807, 2.05) is 50.0 Å². The molecule has 0 spiro atoms. The zero-order valence-corrected chi connectivity index (χ0v) is 28.4. The van der Waals surface area contributed by atoms with E-state index >= 15 is 0 Å². The first-order valence-corrected chi connectivity index (χ1v) is 16.3. The third-order valence-corrected chi connectivity index (χ3v) is 8.54. The van der Waals surface area contributed by atoms with E-state index in [1.54, 1.807) is 0 Å². The lowest BCUT2D eigenvalue weighted by Crippen LogP contribution is -2.17. The van der Waals surface area contributed by atoms with Crippen molar-refractivity contribution in [3.05, 3.63) is 83.3 Å². The maximum absolute atomic E-state index is 13.7. The maximum atomic E-state index is 13.7. The van der Waals surface area contributed by atoms with Crippen LogP contribution in [0.15, 0.2) is 60.7 Å². The summed E-state index contributed by atoms with van der Waals surface area (Å²) in [6.07, 6.45) is 3.18. The number of benzene rings is 3. The summed E-state index contributed by atoms with van der Waals surface area (Å²) in [5.41, 5.74) is 7.14. The number of nitrogens with zero attached hydrogens (tertiary/aromatic N) is 3. The minimum atomic E-state index is -0.276. The summed E-state index contributed by atoms with van der Waals surface area (Å²) in [5.74, 6) is 0.605. The predicted octanol–water partition coefficient (Wildman–Crippen LogP) is 7.87. The van der Waals surface area contributed by atoms with Crippen molar-refractivity contribution in [2.24, 2.45) is 7.05 Å². The molecule has 9 heteroatoms. The van der Waals surface area contributed by atoms with Crippen LogP contribution in [0.25, 0.3) is 32.8 Å². The van der Waals surface area contributed by atoms with Crippen LogP contribution in [-0.2, 0) is 36.5 Å². The van der Waals surface area contributed by atoms with Gasteiger partial charge in [-0.2, -0.15) is 5.10 Å². The Bertz CT molecular complexity index is 1720. The van der Waals surface area contributed by atoms with Crippen LogP contribution in [0, 0.1) is 0 Å². The summed E-state index contributed by atoms with van der Waals surface area (Å²) in [7, 11) is 3.96. The van der Waals surface area contributed by atoms with Crippen LogP contribution >= 0.6 is 28.3 Å². The zero-order valence-electron chi connectivity index (χ0n) is 26.0. The van der Waals surface area contributed by atoms with Crippen molar-refractivity contribution in [1.82, 2.24) is 19.7 Å². The molecule has 0 bridgehead atoms. The smallest absolute Gasteiger partial charge is 0.355 e. The highest BCUT2D eigenvalue weighted by molar-refractivity contribution is 9.08. The highest BCUT2D eigenvalue weighted by Gasteiger charge is 2.27. The van der Waals surface area contributed by atoms with Gasteiger partial charge in [0.25, 0.3) is 0 Å². The van der Waals surface area contributed by atoms with Crippen LogP contribution in [0.4, 0.5) is 0 Å². The first-order chi connectivity index (χ1) is 21.0. The van der Waals surface area contributed by atoms with Gasteiger partial charge < -0.3 is 19.4 Å². The van der Waals surface area contributed by atoms with E-state index < -0.39 is 0 Å². The van der Waals surface area contributed by atoms with Gasteiger partial charge in [-0.1, -0.05) is 77.5 Å². The van der Waals surface area contributed by atoms with Crippen molar-refractivity contribution in [2.45, 2.75) is 51.4 Å². The SMILES string of the molecule is CCOC(=O)c1c(CCCOc2cccc3ccccc23)c2cccc(-c3c(CBr)nn(C)c3CC)c2n1CCCNC.Cl. The molecule has 0 atom stereocenters. The fourth-order valence-corrected chi connectivity index (χ4v) is 6.58. The van der Waals surface area contributed by atoms with Crippen molar-refractivity contribution >= 4 is 56.0 Å². The molecule has 0 amide bonds. The Morgan fingerprint density at radius 3 is 2.50 bits per heavy atom. The van der Waals surface area contributed by atoms with Crippen molar-refractivity contribution < 1.29 is 14.3 Å². The highest BCUT2D eigenvalue weighted by Crippen LogP contribution is 2.39. The Morgan fingerprint density at radius 2 is 1.75 bits per heavy atom. The largest absolute Gasteiger partial charge is 0.493 e. The number of carbonyl (C=O) groups is 1. The van der Waals surface area contributed by atoms with Crippen LogP contribution in [0.5, 0.6) is 5.75 Å². The lowest BCUT2D eigenvalue weighted by Gasteiger charge is -2.14. The molecule has 3 aromatic carbocycles. The average molecular weight is 682 g/mol. The number of ether oxygens (including phenoxy) is 2. The predicted molar refractivity (Wildman–Crippen MR) is 186 cm³/mol. The fraction of sp³-hybridized carbons (Fsp3) is 0.371. The lowest BCUT2D eigenvalue weighted by molar-refractivity contribution is 0.0512. The summed E-state index contributed by atoms with van der Waals surface area (Å²) in [4.78, 5) is 13.7. The average Bonchev–Trinajstić information content (AvgIpc) is 3.53. The molecule has 7 nitrogen and oxygen atoms in total. The van der Waals surface area contributed by atoms with E-state index in [9.17, 15) is 4.79 Å². The molecule has 5 rings (SSSR count). The molecule has 0 fully saturated rings. The van der Waals surface area contributed by atoms with E-state index in [2.05, 4.69) is 69.1 Å². The molecule has 2 aromatic heterocycles. The van der Waals surface area contributed by atoms with E-state index in [0.29, 0.717) is 37.2 Å².